The van der Waals surface area contributed by atoms with Crippen molar-refractivity contribution in [3.05, 3.63) is 24.3 Å². The second-order valence-electron chi connectivity index (χ2n) is 27.8. The maximum Gasteiger partial charge on any atom is 0.472 e. The lowest BCUT2D eigenvalue weighted by Gasteiger charge is -2.21. The summed E-state index contributed by atoms with van der Waals surface area (Å²) in [7, 11) is -9.92. The fourth-order valence-electron chi connectivity index (χ4n) is 11.7. The van der Waals surface area contributed by atoms with Gasteiger partial charge in [0.1, 0.15) is 19.3 Å². The van der Waals surface area contributed by atoms with E-state index in [2.05, 4.69) is 52.0 Å². The van der Waals surface area contributed by atoms with Crippen molar-refractivity contribution in [2.45, 2.75) is 418 Å². The number of rotatable bonds is 78. The predicted molar refractivity (Wildman–Crippen MR) is 400 cm³/mol. The van der Waals surface area contributed by atoms with Gasteiger partial charge >= 0.3 is 39.5 Å². The van der Waals surface area contributed by atoms with Crippen LogP contribution in [0.25, 0.3) is 0 Å². The largest absolute Gasteiger partial charge is 0.472 e. The average Bonchev–Trinajstić information content (AvgIpc) is 0.970. The molecule has 0 aromatic carbocycles. The summed E-state index contributed by atoms with van der Waals surface area (Å²) in [5.41, 5.74) is 0. The van der Waals surface area contributed by atoms with Crippen LogP contribution in [0.5, 0.6) is 0 Å². The molecule has 0 aromatic heterocycles. The number of esters is 4. The third-order valence-corrected chi connectivity index (χ3v) is 19.9. The van der Waals surface area contributed by atoms with Crippen LogP contribution in [0.4, 0.5) is 0 Å². The normalized spacial score (nSPS) is 14.0. The van der Waals surface area contributed by atoms with Crippen LogP contribution in [0.3, 0.4) is 0 Å². The maximum atomic E-state index is 13.1. The lowest BCUT2D eigenvalue weighted by atomic mass is 10.0. The zero-order chi connectivity index (χ0) is 71.8. The highest BCUT2D eigenvalue weighted by Gasteiger charge is 2.30. The third kappa shape index (κ3) is 71.9. The van der Waals surface area contributed by atoms with E-state index in [0.717, 1.165) is 109 Å². The molecule has 0 saturated heterocycles. The number of carbonyl (C=O) groups excluding carboxylic acids is 4. The molecule has 0 amide bonds. The SMILES string of the molecule is CCCCCC/C=C\C=C/CCCCCCCC(=O)OC[C@H](COP(=O)(O)OC[C@@H](O)COP(=O)(O)OC[C@@H](COC(=O)CCCCCCCCCCCCC)OC(=O)CCCCCCCCCCCCCC)OC(=O)CCCCCCCCCCCCCCCCCCCCCC. The number of unbranched alkanes of at least 4 members (excludes halogenated alkanes) is 49. The molecule has 5 atom stereocenters. The van der Waals surface area contributed by atoms with Crippen LogP contribution < -0.4 is 0 Å². The van der Waals surface area contributed by atoms with E-state index in [9.17, 15) is 43.2 Å². The van der Waals surface area contributed by atoms with E-state index in [1.165, 1.54) is 212 Å². The van der Waals surface area contributed by atoms with Crippen molar-refractivity contribution in [1.29, 1.82) is 0 Å². The Morgan fingerprint density at radius 2 is 0.490 bits per heavy atom. The molecule has 0 radical (unpaired) electrons. The Bertz CT molecular complexity index is 1950. The van der Waals surface area contributed by atoms with Gasteiger partial charge in [-0.2, -0.15) is 0 Å². The Labute approximate surface area is 599 Å². The van der Waals surface area contributed by atoms with Crippen LogP contribution in [0.15, 0.2) is 24.3 Å². The average molecular weight is 1430 g/mol. The Morgan fingerprint density at radius 1 is 0.286 bits per heavy atom. The Balaban J connectivity index is 5.25. The molecule has 98 heavy (non-hydrogen) atoms. The predicted octanol–water partition coefficient (Wildman–Crippen LogP) is 23.3. The van der Waals surface area contributed by atoms with Crippen molar-refractivity contribution >= 4 is 39.5 Å². The second-order valence-corrected chi connectivity index (χ2v) is 30.7. The van der Waals surface area contributed by atoms with Crippen molar-refractivity contribution in [1.82, 2.24) is 0 Å². The summed E-state index contributed by atoms with van der Waals surface area (Å²) < 4.78 is 68.6. The highest BCUT2D eigenvalue weighted by atomic mass is 31.2. The van der Waals surface area contributed by atoms with Crippen LogP contribution >= 0.6 is 15.6 Å². The van der Waals surface area contributed by atoms with E-state index < -0.39 is 97.5 Å². The summed E-state index contributed by atoms with van der Waals surface area (Å²) in [5.74, 6) is -2.14. The molecule has 0 aliphatic heterocycles. The molecule has 0 heterocycles. The molecule has 0 saturated carbocycles. The topological polar surface area (TPSA) is 237 Å². The molecule has 19 heteroatoms. The third-order valence-electron chi connectivity index (χ3n) is 18.0. The molecule has 0 spiro atoms. The number of allylic oxidation sites excluding steroid dienone is 4. The zero-order valence-corrected chi connectivity index (χ0v) is 65.0. The molecule has 2 unspecified atom stereocenters. The zero-order valence-electron chi connectivity index (χ0n) is 63.2. The quantitative estimate of drug-likeness (QED) is 0.0169. The van der Waals surface area contributed by atoms with Crippen molar-refractivity contribution in [3.8, 4) is 0 Å². The standard InChI is InChI=1S/C79H150O17P2/c1-5-9-13-17-21-25-29-32-34-35-36-37-38-40-42-46-50-54-58-62-66-79(84)96-75(70-90-77(82)64-60-56-52-48-45-41-39-33-30-26-22-18-14-10-6-2)72-94-98(87,88)92-68-73(80)67-91-97(85,86)93-71-74(69-89-76(81)63-59-55-51-47-43-28-24-20-16-12-8-4)95-78(83)65-61-57-53-49-44-31-27-23-19-15-11-7-3/h26,30,33,39,73-75,80H,5-25,27-29,31-32,34-38,40-72H2,1-4H3,(H,85,86)(H,87,88)/b30-26-,39-33-/t73-,74+,75+/m0/s1. The van der Waals surface area contributed by atoms with Crippen molar-refractivity contribution in [3.63, 3.8) is 0 Å². The van der Waals surface area contributed by atoms with Crippen LogP contribution in [0, 0.1) is 0 Å². The van der Waals surface area contributed by atoms with E-state index in [1.807, 2.05) is 0 Å². The molecule has 3 N–H and O–H groups in total. The summed E-state index contributed by atoms with van der Waals surface area (Å²) >= 11 is 0. The number of carbonyl (C=O) groups is 4. The van der Waals surface area contributed by atoms with Gasteiger partial charge < -0.3 is 33.8 Å². The highest BCUT2D eigenvalue weighted by molar-refractivity contribution is 7.47. The highest BCUT2D eigenvalue weighted by Crippen LogP contribution is 2.45. The van der Waals surface area contributed by atoms with Gasteiger partial charge in [0.2, 0.25) is 0 Å². The minimum absolute atomic E-state index is 0.102. The van der Waals surface area contributed by atoms with Crippen molar-refractivity contribution in [2.75, 3.05) is 39.6 Å². The van der Waals surface area contributed by atoms with E-state index in [-0.39, 0.29) is 25.7 Å². The van der Waals surface area contributed by atoms with Gasteiger partial charge in [-0.25, -0.2) is 9.13 Å². The molecule has 0 fully saturated rings. The van der Waals surface area contributed by atoms with Crippen LogP contribution in [0.1, 0.15) is 400 Å². The molecule has 0 bridgehead atoms. The van der Waals surface area contributed by atoms with E-state index in [4.69, 9.17) is 37.0 Å². The van der Waals surface area contributed by atoms with E-state index >= 15 is 0 Å². The molecule has 0 aliphatic carbocycles. The van der Waals surface area contributed by atoms with Gasteiger partial charge in [0.05, 0.1) is 26.4 Å². The molecule has 0 aromatic rings. The summed E-state index contributed by atoms with van der Waals surface area (Å²) in [6.07, 6.45) is 67.3. The van der Waals surface area contributed by atoms with Crippen LogP contribution in [-0.4, -0.2) is 96.7 Å². The summed E-state index contributed by atoms with van der Waals surface area (Å²) in [4.78, 5) is 72.9. The molecule has 0 rings (SSSR count). The fourth-order valence-corrected chi connectivity index (χ4v) is 13.3. The second kappa shape index (κ2) is 72.9. The van der Waals surface area contributed by atoms with Crippen LogP contribution in [0.2, 0.25) is 0 Å². The van der Waals surface area contributed by atoms with Crippen molar-refractivity contribution in [2.24, 2.45) is 0 Å². The smallest absolute Gasteiger partial charge is 0.462 e. The first-order valence-corrected chi connectivity index (χ1v) is 43.6. The monoisotopic (exact) mass is 1430 g/mol. The number of phosphoric ester groups is 2. The number of phosphoric acid groups is 2. The van der Waals surface area contributed by atoms with Crippen LogP contribution in [-0.2, 0) is 65.4 Å². The minimum atomic E-state index is -4.97. The first kappa shape index (κ1) is 95.5. The number of hydrogen-bond donors (Lipinski definition) is 3. The Kier molecular flexibility index (Phi) is 71.0. The van der Waals surface area contributed by atoms with Crippen molar-refractivity contribution < 1.29 is 80.2 Å². The molecule has 17 nitrogen and oxygen atoms in total. The lowest BCUT2D eigenvalue weighted by molar-refractivity contribution is -0.161. The Morgan fingerprint density at radius 3 is 0.745 bits per heavy atom. The number of aliphatic hydroxyl groups is 1. The summed E-state index contributed by atoms with van der Waals surface area (Å²) in [6.45, 7) is 4.94. The first-order chi connectivity index (χ1) is 47.7. The van der Waals surface area contributed by atoms with Gasteiger partial charge in [0.25, 0.3) is 0 Å². The number of hydrogen-bond acceptors (Lipinski definition) is 15. The Hall–Kier alpha value is -2.46. The van der Waals surface area contributed by atoms with Gasteiger partial charge in [-0.3, -0.25) is 37.3 Å². The molecule has 0 aliphatic rings. The van der Waals surface area contributed by atoms with Gasteiger partial charge in [-0.1, -0.05) is 347 Å². The van der Waals surface area contributed by atoms with Gasteiger partial charge in [0, 0.05) is 25.7 Å². The summed E-state index contributed by atoms with van der Waals surface area (Å²) in [6, 6.07) is 0. The number of aliphatic hydroxyl groups excluding tert-OH is 1. The van der Waals surface area contributed by atoms with Gasteiger partial charge in [-0.05, 0) is 51.4 Å². The van der Waals surface area contributed by atoms with Gasteiger partial charge in [-0.15, -0.1) is 0 Å². The lowest BCUT2D eigenvalue weighted by Crippen LogP contribution is -2.30. The molecule has 578 valence electrons. The summed E-state index contributed by atoms with van der Waals surface area (Å²) in [5, 5.41) is 10.6. The minimum Gasteiger partial charge on any atom is -0.462 e. The van der Waals surface area contributed by atoms with E-state index in [1.54, 1.807) is 0 Å². The van der Waals surface area contributed by atoms with Gasteiger partial charge in [0.15, 0.2) is 12.2 Å². The van der Waals surface area contributed by atoms with E-state index in [0.29, 0.717) is 25.7 Å². The number of ether oxygens (including phenoxy) is 4. The molecular formula is C79H150O17P2. The first-order valence-electron chi connectivity index (χ1n) is 40.6. The fraction of sp³-hybridized carbons (Fsp3) is 0.899. The maximum absolute atomic E-state index is 13.1. The molecular weight excluding hydrogens is 1280 g/mol.